The minimum Gasteiger partial charge on any atom is -0.481 e. The first-order chi connectivity index (χ1) is 8.02. The number of hydrogen-bond acceptors (Lipinski definition) is 2. The van der Waals surface area contributed by atoms with Crippen molar-refractivity contribution in [3.05, 3.63) is 29.3 Å². The van der Waals surface area contributed by atoms with E-state index < -0.39 is 6.10 Å². The van der Waals surface area contributed by atoms with Gasteiger partial charge in [-0.1, -0.05) is 18.5 Å². The van der Waals surface area contributed by atoms with Crippen LogP contribution >= 0.6 is 11.6 Å². The summed E-state index contributed by atoms with van der Waals surface area (Å²) in [5, 5.41) is 3.52. The second-order valence-corrected chi connectivity index (χ2v) is 4.47. The molecule has 0 saturated carbocycles. The van der Waals surface area contributed by atoms with E-state index in [-0.39, 0.29) is 11.9 Å². The number of amides is 1. The fraction of sp³-hybridized carbons (Fsp3) is 0.462. The quantitative estimate of drug-likeness (QED) is 0.878. The molecule has 17 heavy (non-hydrogen) atoms. The van der Waals surface area contributed by atoms with Crippen molar-refractivity contribution in [3.8, 4) is 5.75 Å². The van der Waals surface area contributed by atoms with E-state index in [0.717, 1.165) is 6.42 Å². The van der Waals surface area contributed by atoms with Crippen LogP contribution in [0.15, 0.2) is 24.3 Å². The lowest BCUT2D eigenvalue weighted by Gasteiger charge is -2.17. The molecule has 0 aliphatic heterocycles. The van der Waals surface area contributed by atoms with Gasteiger partial charge in [0.1, 0.15) is 5.75 Å². The highest BCUT2D eigenvalue weighted by atomic mass is 35.5. The highest BCUT2D eigenvalue weighted by Gasteiger charge is 2.15. The van der Waals surface area contributed by atoms with Gasteiger partial charge in [0.05, 0.1) is 0 Å². The van der Waals surface area contributed by atoms with Crippen LogP contribution < -0.4 is 10.1 Å². The molecule has 2 unspecified atom stereocenters. The molecule has 1 aromatic carbocycles. The highest BCUT2D eigenvalue weighted by Crippen LogP contribution is 2.16. The van der Waals surface area contributed by atoms with Crippen molar-refractivity contribution in [2.24, 2.45) is 0 Å². The number of rotatable bonds is 5. The molecule has 0 heterocycles. The molecule has 0 aliphatic rings. The predicted octanol–water partition coefficient (Wildman–Crippen LogP) is 3.02. The van der Waals surface area contributed by atoms with Gasteiger partial charge in [-0.3, -0.25) is 4.79 Å². The maximum absolute atomic E-state index is 11.7. The Kier molecular flexibility index (Phi) is 5.29. The summed E-state index contributed by atoms with van der Waals surface area (Å²) in [4.78, 5) is 11.7. The van der Waals surface area contributed by atoms with Gasteiger partial charge in [-0.25, -0.2) is 0 Å². The van der Waals surface area contributed by atoms with Crippen LogP contribution in [0.2, 0.25) is 5.02 Å². The molecule has 0 bridgehead atoms. The third-order valence-electron chi connectivity index (χ3n) is 2.50. The van der Waals surface area contributed by atoms with Crippen molar-refractivity contribution in [3.63, 3.8) is 0 Å². The van der Waals surface area contributed by atoms with Crippen molar-refractivity contribution < 1.29 is 9.53 Å². The molecule has 1 aromatic rings. The summed E-state index contributed by atoms with van der Waals surface area (Å²) < 4.78 is 5.51. The van der Waals surface area contributed by atoms with E-state index in [4.69, 9.17) is 16.3 Å². The Hall–Kier alpha value is -1.22. The molecular weight excluding hydrogens is 238 g/mol. The van der Waals surface area contributed by atoms with Crippen LogP contribution in [0.1, 0.15) is 27.2 Å². The van der Waals surface area contributed by atoms with Crippen LogP contribution in [0, 0.1) is 0 Å². The Morgan fingerprint density at radius 2 is 1.94 bits per heavy atom. The molecule has 0 saturated heterocycles. The Morgan fingerprint density at radius 1 is 1.35 bits per heavy atom. The molecule has 3 nitrogen and oxygen atoms in total. The van der Waals surface area contributed by atoms with E-state index in [0.29, 0.717) is 10.8 Å². The van der Waals surface area contributed by atoms with Crippen molar-refractivity contribution in [2.45, 2.75) is 39.3 Å². The molecule has 2 atom stereocenters. The number of nitrogens with one attached hydrogen (secondary N) is 1. The van der Waals surface area contributed by atoms with E-state index in [1.807, 2.05) is 13.8 Å². The standard InChI is InChI=1S/C13H18ClNO2/c1-4-9(2)15-13(16)10(3)17-12-7-5-11(14)6-8-12/h5-10H,4H2,1-3H3,(H,15,16). The predicted molar refractivity (Wildman–Crippen MR) is 69.4 cm³/mol. The third kappa shape index (κ3) is 4.65. The SMILES string of the molecule is CCC(C)NC(=O)C(C)Oc1ccc(Cl)cc1. The number of benzene rings is 1. The van der Waals surface area contributed by atoms with Crippen LogP contribution in [0.3, 0.4) is 0 Å². The normalized spacial score (nSPS) is 13.9. The van der Waals surface area contributed by atoms with Gasteiger partial charge < -0.3 is 10.1 Å². The van der Waals surface area contributed by atoms with Crippen molar-refractivity contribution in [2.75, 3.05) is 0 Å². The first kappa shape index (κ1) is 13.8. The topological polar surface area (TPSA) is 38.3 Å². The Bertz CT molecular complexity index is 364. The molecule has 0 fully saturated rings. The van der Waals surface area contributed by atoms with Gasteiger partial charge in [0.2, 0.25) is 0 Å². The van der Waals surface area contributed by atoms with E-state index >= 15 is 0 Å². The fourth-order valence-electron chi connectivity index (χ4n) is 1.23. The molecule has 0 aromatic heterocycles. The first-order valence-corrected chi connectivity index (χ1v) is 6.13. The molecule has 94 valence electrons. The molecule has 0 radical (unpaired) electrons. The van der Waals surface area contributed by atoms with Crippen LogP contribution in [0.5, 0.6) is 5.75 Å². The Labute approximate surface area is 107 Å². The average molecular weight is 256 g/mol. The molecule has 0 aliphatic carbocycles. The van der Waals surface area contributed by atoms with Gasteiger partial charge in [-0.15, -0.1) is 0 Å². The lowest BCUT2D eigenvalue weighted by Crippen LogP contribution is -2.40. The minimum atomic E-state index is -0.509. The van der Waals surface area contributed by atoms with Gasteiger partial charge in [0, 0.05) is 11.1 Å². The highest BCUT2D eigenvalue weighted by molar-refractivity contribution is 6.30. The average Bonchev–Trinajstić information content (AvgIpc) is 2.31. The summed E-state index contributed by atoms with van der Waals surface area (Å²) in [6, 6.07) is 7.12. The summed E-state index contributed by atoms with van der Waals surface area (Å²) >= 11 is 5.76. The fourth-order valence-corrected chi connectivity index (χ4v) is 1.36. The molecule has 0 spiro atoms. The number of hydrogen-bond donors (Lipinski definition) is 1. The zero-order valence-corrected chi connectivity index (χ0v) is 11.1. The number of carbonyl (C=O) groups is 1. The van der Waals surface area contributed by atoms with Crippen LogP contribution in [0.4, 0.5) is 0 Å². The van der Waals surface area contributed by atoms with Gasteiger partial charge in [-0.2, -0.15) is 0 Å². The summed E-state index contributed by atoms with van der Waals surface area (Å²) in [6.45, 7) is 5.72. The zero-order chi connectivity index (χ0) is 12.8. The molecule has 4 heteroatoms. The Morgan fingerprint density at radius 3 is 2.47 bits per heavy atom. The second-order valence-electron chi connectivity index (χ2n) is 4.03. The van der Waals surface area contributed by atoms with Gasteiger partial charge in [0.15, 0.2) is 6.10 Å². The van der Waals surface area contributed by atoms with E-state index in [1.165, 1.54) is 0 Å². The molecule has 1 rings (SSSR count). The number of ether oxygens (including phenoxy) is 1. The van der Waals surface area contributed by atoms with Gasteiger partial charge in [0.25, 0.3) is 5.91 Å². The number of carbonyl (C=O) groups excluding carboxylic acids is 1. The molecular formula is C13H18ClNO2. The maximum atomic E-state index is 11.7. The van der Waals surface area contributed by atoms with E-state index in [2.05, 4.69) is 5.32 Å². The third-order valence-corrected chi connectivity index (χ3v) is 2.75. The second kappa shape index (κ2) is 6.50. The smallest absolute Gasteiger partial charge is 0.260 e. The van der Waals surface area contributed by atoms with Crippen LogP contribution in [0.25, 0.3) is 0 Å². The minimum absolute atomic E-state index is 0.102. The van der Waals surface area contributed by atoms with Crippen molar-refractivity contribution >= 4 is 17.5 Å². The molecule has 1 N–H and O–H groups in total. The van der Waals surface area contributed by atoms with E-state index in [1.54, 1.807) is 31.2 Å². The number of halogens is 1. The Balaban J connectivity index is 2.51. The van der Waals surface area contributed by atoms with Gasteiger partial charge >= 0.3 is 0 Å². The van der Waals surface area contributed by atoms with E-state index in [9.17, 15) is 4.79 Å². The lowest BCUT2D eigenvalue weighted by molar-refractivity contribution is -0.127. The van der Waals surface area contributed by atoms with Crippen LogP contribution in [-0.4, -0.2) is 18.1 Å². The lowest BCUT2D eigenvalue weighted by atomic mass is 10.2. The molecule has 1 amide bonds. The zero-order valence-electron chi connectivity index (χ0n) is 10.4. The maximum Gasteiger partial charge on any atom is 0.260 e. The van der Waals surface area contributed by atoms with Crippen molar-refractivity contribution in [1.29, 1.82) is 0 Å². The largest absolute Gasteiger partial charge is 0.481 e. The summed E-state index contributed by atoms with van der Waals surface area (Å²) in [6.07, 6.45) is 0.393. The summed E-state index contributed by atoms with van der Waals surface area (Å²) in [7, 11) is 0. The van der Waals surface area contributed by atoms with Crippen LogP contribution in [-0.2, 0) is 4.79 Å². The summed E-state index contributed by atoms with van der Waals surface area (Å²) in [5.74, 6) is 0.538. The van der Waals surface area contributed by atoms with Crippen molar-refractivity contribution in [1.82, 2.24) is 5.32 Å². The monoisotopic (exact) mass is 255 g/mol. The van der Waals surface area contributed by atoms with Gasteiger partial charge in [-0.05, 0) is 44.5 Å². The first-order valence-electron chi connectivity index (χ1n) is 5.75. The summed E-state index contributed by atoms with van der Waals surface area (Å²) in [5.41, 5.74) is 0.